The lowest BCUT2D eigenvalue weighted by molar-refractivity contribution is 0.0681. The van der Waals surface area contributed by atoms with E-state index in [1.165, 1.54) is 19.3 Å². The summed E-state index contributed by atoms with van der Waals surface area (Å²) in [6.07, 6.45) is 7.29. The van der Waals surface area contributed by atoms with E-state index in [2.05, 4.69) is 23.9 Å². The van der Waals surface area contributed by atoms with Crippen molar-refractivity contribution in [3.05, 3.63) is 11.8 Å². The number of rotatable bonds is 8. The maximum Gasteiger partial charge on any atom is 0.0979 e. The molecule has 0 heterocycles. The Morgan fingerprint density at radius 2 is 2.22 bits per heavy atom. The van der Waals surface area contributed by atoms with Gasteiger partial charge >= 0.3 is 0 Å². The van der Waals surface area contributed by atoms with E-state index in [0.717, 1.165) is 18.7 Å². The summed E-state index contributed by atoms with van der Waals surface area (Å²) in [5, 5.41) is 0. The normalized spacial score (nSPS) is 19.4. The van der Waals surface area contributed by atoms with E-state index < -0.39 is 0 Å². The highest BCUT2D eigenvalue weighted by Crippen LogP contribution is 2.22. The highest BCUT2D eigenvalue weighted by atomic mass is 16.5. The Bertz CT molecular complexity index is 285. The van der Waals surface area contributed by atoms with Crippen LogP contribution >= 0.6 is 0 Å². The standard InChI is InChI=1S/C14H27N3O/c1-4-17(3)11-14(18-5-2)12(9-15)10-16-13-7-6-8-13/h9-10,13-14H,4-8,11,15H2,1-3H3/b12-9+,16-10?. The van der Waals surface area contributed by atoms with Gasteiger partial charge in [-0.15, -0.1) is 0 Å². The fourth-order valence-corrected chi connectivity index (χ4v) is 1.83. The van der Waals surface area contributed by atoms with Gasteiger partial charge in [0.05, 0.1) is 6.10 Å². The molecule has 0 aromatic rings. The second-order valence-electron chi connectivity index (χ2n) is 4.83. The zero-order valence-corrected chi connectivity index (χ0v) is 11.9. The molecular weight excluding hydrogens is 226 g/mol. The Labute approximate surface area is 111 Å². The topological polar surface area (TPSA) is 50.8 Å². The Kier molecular flexibility index (Phi) is 6.98. The van der Waals surface area contributed by atoms with Crippen LogP contribution < -0.4 is 5.73 Å². The van der Waals surface area contributed by atoms with Gasteiger partial charge in [0.1, 0.15) is 0 Å². The monoisotopic (exact) mass is 253 g/mol. The first-order valence-corrected chi connectivity index (χ1v) is 6.96. The molecule has 1 aliphatic carbocycles. The highest BCUT2D eigenvalue weighted by molar-refractivity contribution is 5.80. The Morgan fingerprint density at radius 1 is 1.50 bits per heavy atom. The van der Waals surface area contributed by atoms with Crippen LogP contribution in [0.4, 0.5) is 0 Å². The molecule has 0 amide bonds. The fourth-order valence-electron chi connectivity index (χ4n) is 1.83. The van der Waals surface area contributed by atoms with Crippen molar-refractivity contribution in [1.82, 2.24) is 4.90 Å². The molecule has 1 aliphatic rings. The molecule has 0 aromatic heterocycles. The summed E-state index contributed by atoms with van der Waals surface area (Å²) < 4.78 is 5.77. The second kappa shape index (κ2) is 8.27. The van der Waals surface area contributed by atoms with Gasteiger partial charge in [-0.05, 0) is 39.8 Å². The molecule has 104 valence electrons. The molecule has 0 aromatic carbocycles. The predicted octanol–water partition coefficient (Wildman–Crippen LogP) is 1.81. The number of ether oxygens (including phenoxy) is 1. The molecule has 2 N–H and O–H groups in total. The molecule has 0 saturated heterocycles. The largest absolute Gasteiger partial charge is 0.404 e. The van der Waals surface area contributed by atoms with Gasteiger partial charge in [-0.25, -0.2) is 0 Å². The van der Waals surface area contributed by atoms with Crippen LogP contribution in [0, 0.1) is 0 Å². The van der Waals surface area contributed by atoms with Crippen molar-refractivity contribution in [2.45, 2.75) is 45.3 Å². The highest BCUT2D eigenvalue weighted by Gasteiger charge is 2.18. The van der Waals surface area contributed by atoms with Gasteiger partial charge in [-0.2, -0.15) is 0 Å². The minimum absolute atomic E-state index is 0.0220. The van der Waals surface area contributed by atoms with Crippen LogP contribution in [-0.2, 0) is 4.74 Å². The molecule has 18 heavy (non-hydrogen) atoms. The van der Waals surface area contributed by atoms with Crippen LogP contribution in [0.2, 0.25) is 0 Å². The average Bonchev–Trinajstić information content (AvgIpc) is 2.32. The van der Waals surface area contributed by atoms with Crippen LogP contribution in [0.5, 0.6) is 0 Å². The van der Waals surface area contributed by atoms with E-state index in [4.69, 9.17) is 10.5 Å². The number of aliphatic imine (C=N–C) groups is 1. The van der Waals surface area contributed by atoms with E-state index >= 15 is 0 Å². The lowest BCUT2D eigenvalue weighted by atomic mass is 9.94. The van der Waals surface area contributed by atoms with Crippen LogP contribution in [0.25, 0.3) is 0 Å². The summed E-state index contributed by atoms with van der Waals surface area (Å²) in [7, 11) is 2.09. The third-order valence-electron chi connectivity index (χ3n) is 3.46. The number of nitrogens with zero attached hydrogens (tertiary/aromatic N) is 2. The van der Waals surface area contributed by atoms with Crippen LogP contribution in [0.1, 0.15) is 33.1 Å². The van der Waals surface area contributed by atoms with Gasteiger partial charge in [0.15, 0.2) is 0 Å². The molecule has 1 rings (SSSR count). The van der Waals surface area contributed by atoms with Crippen molar-refractivity contribution < 1.29 is 4.74 Å². The summed E-state index contributed by atoms with van der Waals surface area (Å²) in [5.74, 6) is 0. The Morgan fingerprint density at radius 3 is 2.67 bits per heavy atom. The van der Waals surface area contributed by atoms with Gasteiger partial charge in [0.25, 0.3) is 0 Å². The number of likely N-dealkylation sites (N-methyl/N-ethyl adjacent to an activating group) is 1. The smallest absolute Gasteiger partial charge is 0.0979 e. The molecule has 4 heteroatoms. The molecule has 0 bridgehead atoms. The fraction of sp³-hybridized carbons (Fsp3) is 0.786. The van der Waals surface area contributed by atoms with Crippen LogP contribution in [-0.4, -0.2) is 50.0 Å². The Hall–Kier alpha value is -0.870. The van der Waals surface area contributed by atoms with Gasteiger partial charge in [0.2, 0.25) is 0 Å². The predicted molar refractivity (Wildman–Crippen MR) is 77.0 cm³/mol. The van der Waals surface area contributed by atoms with Crippen molar-refractivity contribution in [2.24, 2.45) is 10.7 Å². The number of nitrogens with two attached hydrogens (primary N) is 1. The maximum atomic E-state index is 5.77. The molecule has 4 nitrogen and oxygen atoms in total. The average molecular weight is 253 g/mol. The first kappa shape index (κ1) is 15.2. The lowest BCUT2D eigenvalue weighted by Crippen LogP contribution is -2.33. The zero-order valence-electron chi connectivity index (χ0n) is 11.9. The molecular formula is C14H27N3O. The summed E-state index contributed by atoms with van der Waals surface area (Å²) in [6.45, 7) is 6.69. The van der Waals surface area contributed by atoms with Gasteiger partial charge in [-0.3, -0.25) is 4.99 Å². The van der Waals surface area contributed by atoms with Crippen LogP contribution in [0.3, 0.4) is 0 Å². The molecule has 0 spiro atoms. The van der Waals surface area contributed by atoms with Crippen molar-refractivity contribution in [3.63, 3.8) is 0 Å². The minimum Gasteiger partial charge on any atom is -0.404 e. The Balaban J connectivity index is 2.58. The third-order valence-corrected chi connectivity index (χ3v) is 3.46. The lowest BCUT2D eigenvalue weighted by Gasteiger charge is -2.25. The van der Waals surface area contributed by atoms with Gasteiger partial charge in [0, 0.05) is 37.2 Å². The summed E-state index contributed by atoms with van der Waals surface area (Å²) >= 11 is 0. The molecule has 1 unspecified atom stereocenters. The quantitative estimate of drug-likeness (QED) is 0.671. The molecule has 1 fully saturated rings. The SMILES string of the molecule is CCOC(CN(C)CC)/C(C=NC1CCC1)=C/N. The molecule has 1 saturated carbocycles. The molecule has 0 radical (unpaired) electrons. The molecule has 1 atom stereocenters. The van der Waals surface area contributed by atoms with Crippen LogP contribution in [0.15, 0.2) is 16.8 Å². The van der Waals surface area contributed by atoms with Crippen molar-refractivity contribution >= 4 is 6.21 Å². The van der Waals surface area contributed by atoms with E-state index in [-0.39, 0.29) is 6.10 Å². The molecule has 0 aliphatic heterocycles. The van der Waals surface area contributed by atoms with Crippen molar-refractivity contribution in [3.8, 4) is 0 Å². The number of hydrogen-bond acceptors (Lipinski definition) is 4. The number of hydrogen-bond donors (Lipinski definition) is 1. The first-order chi connectivity index (χ1) is 8.71. The summed E-state index contributed by atoms with van der Waals surface area (Å²) in [4.78, 5) is 6.79. The van der Waals surface area contributed by atoms with Gasteiger partial charge < -0.3 is 15.4 Å². The third kappa shape index (κ3) is 4.78. The first-order valence-electron chi connectivity index (χ1n) is 6.96. The summed E-state index contributed by atoms with van der Waals surface area (Å²) in [6, 6.07) is 0.506. The van der Waals surface area contributed by atoms with Crippen molar-refractivity contribution in [2.75, 3.05) is 26.7 Å². The van der Waals surface area contributed by atoms with Crippen molar-refractivity contribution in [1.29, 1.82) is 0 Å². The minimum atomic E-state index is 0.0220. The van der Waals surface area contributed by atoms with E-state index in [1.54, 1.807) is 6.20 Å². The summed E-state index contributed by atoms with van der Waals surface area (Å²) in [5.41, 5.74) is 6.70. The van der Waals surface area contributed by atoms with E-state index in [9.17, 15) is 0 Å². The second-order valence-corrected chi connectivity index (χ2v) is 4.83. The van der Waals surface area contributed by atoms with E-state index in [1.807, 2.05) is 13.1 Å². The van der Waals surface area contributed by atoms with Gasteiger partial charge in [-0.1, -0.05) is 6.92 Å². The zero-order chi connectivity index (χ0) is 13.4. The maximum absolute atomic E-state index is 5.77. The van der Waals surface area contributed by atoms with E-state index in [0.29, 0.717) is 12.6 Å².